The number of carbonyl (C=O) groups excluding carboxylic acids is 1. The van der Waals surface area contributed by atoms with E-state index in [4.69, 9.17) is 21.3 Å². The standard InChI is InChI=1S/C23H26ClN3O2S/c1-17-15-18(9-10-19(17)24)29-13-14-30-23-25-20-7-3-4-8-21(20)27(23)16-22(28)26-11-5-2-6-12-26/h3-4,7-10,15H,2,5-6,11-14,16H2,1H3. The zero-order chi connectivity index (χ0) is 20.9. The number of piperidine rings is 1. The van der Waals surface area contributed by atoms with E-state index >= 15 is 0 Å². The molecular formula is C23H26ClN3O2S. The van der Waals surface area contributed by atoms with Crippen LogP contribution < -0.4 is 4.74 Å². The van der Waals surface area contributed by atoms with Crippen LogP contribution in [0.4, 0.5) is 0 Å². The van der Waals surface area contributed by atoms with Crippen molar-refractivity contribution in [2.75, 3.05) is 25.4 Å². The highest BCUT2D eigenvalue weighted by molar-refractivity contribution is 7.99. The van der Waals surface area contributed by atoms with Crippen LogP contribution in [0.2, 0.25) is 5.02 Å². The van der Waals surface area contributed by atoms with Crippen molar-refractivity contribution < 1.29 is 9.53 Å². The Morgan fingerprint density at radius 3 is 2.77 bits per heavy atom. The molecule has 1 fully saturated rings. The van der Waals surface area contributed by atoms with Crippen LogP contribution in [-0.4, -0.2) is 45.8 Å². The lowest BCUT2D eigenvalue weighted by molar-refractivity contribution is -0.132. The van der Waals surface area contributed by atoms with Crippen LogP contribution in [0.1, 0.15) is 24.8 Å². The number of para-hydroxylation sites is 2. The molecule has 30 heavy (non-hydrogen) atoms. The predicted octanol–water partition coefficient (Wildman–Crippen LogP) is 5.18. The zero-order valence-electron chi connectivity index (χ0n) is 17.1. The summed E-state index contributed by atoms with van der Waals surface area (Å²) in [6.07, 6.45) is 3.41. The second-order valence-electron chi connectivity index (χ2n) is 7.52. The molecule has 0 N–H and O–H groups in total. The van der Waals surface area contributed by atoms with Crippen LogP contribution in [0, 0.1) is 6.92 Å². The number of imidazole rings is 1. The van der Waals surface area contributed by atoms with Gasteiger partial charge in [0.05, 0.1) is 17.6 Å². The second-order valence-corrected chi connectivity index (χ2v) is 8.99. The average molecular weight is 444 g/mol. The van der Waals surface area contributed by atoms with E-state index < -0.39 is 0 Å². The van der Waals surface area contributed by atoms with E-state index in [0.29, 0.717) is 13.2 Å². The number of fused-ring (bicyclic) bond motifs is 1. The minimum atomic E-state index is 0.174. The molecule has 4 rings (SSSR count). The van der Waals surface area contributed by atoms with Crippen LogP contribution >= 0.6 is 23.4 Å². The van der Waals surface area contributed by atoms with Gasteiger partial charge in [0.15, 0.2) is 5.16 Å². The van der Waals surface area contributed by atoms with Crippen molar-refractivity contribution in [1.29, 1.82) is 0 Å². The summed E-state index contributed by atoms with van der Waals surface area (Å²) in [5.74, 6) is 1.72. The Bertz CT molecular complexity index is 1030. The second kappa shape index (κ2) is 9.75. The van der Waals surface area contributed by atoms with E-state index in [1.807, 2.05) is 58.9 Å². The molecule has 2 heterocycles. The molecule has 0 radical (unpaired) electrons. The van der Waals surface area contributed by atoms with Gasteiger partial charge in [-0.25, -0.2) is 4.98 Å². The molecule has 158 valence electrons. The maximum atomic E-state index is 12.9. The van der Waals surface area contributed by atoms with Gasteiger partial charge in [-0.15, -0.1) is 0 Å². The fraction of sp³-hybridized carbons (Fsp3) is 0.391. The molecule has 7 heteroatoms. The molecule has 1 aliphatic heterocycles. The molecule has 0 bridgehead atoms. The van der Waals surface area contributed by atoms with Crippen molar-refractivity contribution in [3.63, 3.8) is 0 Å². The number of carbonyl (C=O) groups is 1. The summed E-state index contributed by atoms with van der Waals surface area (Å²) in [6, 6.07) is 13.7. The highest BCUT2D eigenvalue weighted by atomic mass is 35.5. The van der Waals surface area contributed by atoms with Crippen molar-refractivity contribution in [2.45, 2.75) is 37.9 Å². The van der Waals surface area contributed by atoms with E-state index in [2.05, 4.69) is 0 Å². The van der Waals surface area contributed by atoms with Crippen LogP contribution in [-0.2, 0) is 11.3 Å². The van der Waals surface area contributed by atoms with Gasteiger partial charge in [0.1, 0.15) is 12.3 Å². The number of rotatable bonds is 7. The summed E-state index contributed by atoms with van der Waals surface area (Å²) in [7, 11) is 0. The average Bonchev–Trinajstić information content (AvgIpc) is 3.11. The van der Waals surface area contributed by atoms with Crippen LogP contribution in [0.15, 0.2) is 47.6 Å². The highest BCUT2D eigenvalue weighted by Gasteiger charge is 2.20. The number of nitrogens with zero attached hydrogens (tertiary/aromatic N) is 3. The Kier molecular flexibility index (Phi) is 6.85. The number of hydrogen-bond donors (Lipinski definition) is 0. The third kappa shape index (κ3) is 4.93. The molecule has 1 aromatic heterocycles. The molecule has 1 amide bonds. The van der Waals surface area contributed by atoms with Crippen molar-refractivity contribution in [3.05, 3.63) is 53.1 Å². The van der Waals surface area contributed by atoms with E-state index in [9.17, 15) is 4.79 Å². The number of aromatic nitrogens is 2. The van der Waals surface area contributed by atoms with Gasteiger partial charge in [0, 0.05) is 23.9 Å². The maximum Gasteiger partial charge on any atom is 0.242 e. The Morgan fingerprint density at radius 1 is 1.17 bits per heavy atom. The third-order valence-corrected chi connectivity index (χ3v) is 6.70. The molecule has 0 aliphatic carbocycles. The van der Waals surface area contributed by atoms with Gasteiger partial charge in [0.2, 0.25) is 5.91 Å². The summed E-state index contributed by atoms with van der Waals surface area (Å²) in [5.41, 5.74) is 2.92. The first kappa shape index (κ1) is 21.1. The smallest absolute Gasteiger partial charge is 0.242 e. The number of likely N-dealkylation sites (tertiary alicyclic amines) is 1. The summed E-state index contributed by atoms with van der Waals surface area (Å²) in [6.45, 7) is 4.57. The molecule has 0 atom stereocenters. The van der Waals surface area contributed by atoms with E-state index in [1.54, 1.807) is 11.8 Å². The molecule has 0 spiro atoms. The lowest BCUT2D eigenvalue weighted by Gasteiger charge is -2.27. The van der Waals surface area contributed by atoms with E-state index in [0.717, 1.165) is 64.2 Å². The number of hydrogen-bond acceptors (Lipinski definition) is 4. The van der Waals surface area contributed by atoms with Gasteiger partial charge in [-0.1, -0.05) is 35.5 Å². The SMILES string of the molecule is Cc1cc(OCCSc2nc3ccccc3n2CC(=O)N2CCCCC2)ccc1Cl. The highest BCUT2D eigenvalue weighted by Crippen LogP contribution is 2.25. The predicted molar refractivity (Wildman–Crippen MR) is 123 cm³/mol. The van der Waals surface area contributed by atoms with E-state index in [-0.39, 0.29) is 5.91 Å². The molecule has 5 nitrogen and oxygen atoms in total. The molecule has 1 aliphatic rings. The lowest BCUT2D eigenvalue weighted by atomic mass is 10.1. The quantitative estimate of drug-likeness (QED) is 0.373. The monoisotopic (exact) mass is 443 g/mol. The van der Waals surface area contributed by atoms with Gasteiger partial charge < -0.3 is 14.2 Å². The number of amides is 1. The summed E-state index contributed by atoms with van der Waals surface area (Å²) < 4.78 is 7.91. The van der Waals surface area contributed by atoms with Crippen molar-refractivity contribution >= 4 is 40.3 Å². The lowest BCUT2D eigenvalue weighted by Crippen LogP contribution is -2.37. The summed E-state index contributed by atoms with van der Waals surface area (Å²) >= 11 is 7.69. The number of aryl methyl sites for hydroxylation is 1. The van der Waals surface area contributed by atoms with Gasteiger partial charge in [-0.05, 0) is 62.1 Å². The normalized spacial score (nSPS) is 14.3. The summed E-state index contributed by atoms with van der Waals surface area (Å²) in [4.78, 5) is 19.6. The molecule has 3 aromatic rings. The van der Waals surface area contributed by atoms with Crippen molar-refractivity contribution in [3.8, 4) is 5.75 Å². The fourth-order valence-corrected chi connectivity index (χ4v) is 4.64. The van der Waals surface area contributed by atoms with Gasteiger partial charge in [-0.3, -0.25) is 4.79 Å². The number of halogens is 1. The van der Waals surface area contributed by atoms with Crippen LogP contribution in [0.25, 0.3) is 11.0 Å². The largest absolute Gasteiger partial charge is 0.493 e. The Hall–Kier alpha value is -2.18. The molecule has 0 unspecified atom stereocenters. The first-order valence-electron chi connectivity index (χ1n) is 10.4. The molecule has 1 saturated heterocycles. The van der Waals surface area contributed by atoms with Gasteiger partial charge in [0.25, 0.3) is 0 Å². The molecule has 2 aromatic carbocycles. The number of ether oxygens (including phenoxy) is 1. The topological polar surface area (TPSA) is 47.4 Å². The Morgan fingerprint density at radius 2 is 1.97 bits per heavy atom. The van der Waals surface area contributed by atoms with Gasteiger partial charge >= 0.3 is 0 Å². The van der Waals surface area contributed by atoms with Gasteiger partial charge in [-0.2, -0.15) is 0 Å². The number of benzene rings is 2. The van der Waals surface area contributed by atoms with E-state index in [1.165, 1.54) is 6.42 Å². The molecular weight excluding hydrogens is 418 g/mol. The van der Waals surface area contributed by atoms with Crippen molar-refractivity contribution in [1.82, 2.24) is 14.5 Å². The third-order valence-electron chi connectivity index (χ3n) is 5.33. The minimum Gasteiger partial charge on any atom is -0.493 e. The zero-order valence-corrected chi connectivity index (χ0v) is 18.7. The van der Waals surface area contributed by atoms with Crippen LogP contribution in [0.5, 0.6) is 5.75 Å². The fourth-order valence-electron chi connectivity index (χ4n) is 3.69. The first-order chi connectivity index (χ1) is 14.6. The Labute approximate surface area is 186 Å². The van der Waals surface area contributed by atoms with Crippen LogP contribution in [0.3, 0.4) is 0 Å². The minimum absolute atomic E-state index is 0.174. The Balaban J connectivity index is 1.43. The maximum absolute atomic E-state index is 12.9. The molecule has 0 saturated carbocycles. The number of thioether (sulfide) groups is 1. The summed E-state index contributed by atoms with van der Waals surface area (Å²) in [5, 5.41) is 1.60. The first-order valence-corrected chi connectivity index (χ1v) is 11.7. The van der Waals surface area contributed by atoms with Crippen molar-refractivity contribution in [2.24, 2.45) is 0 Å².